The fraction of sp³-hybridized carbons (Fsp3) is 0.292. The van der Waals surface area contributed by atoms with Crippen molar-refractivity contribution in [3.63, 3.8) is 0 Å². The number of carbonyl (C=O) groups excluding carboxylic acids is 1. The van der Waals surface area contributed by atoms with E-state index in [1.54, 1.807) is 18.3 Å². The molecule has 1 atom stereocenters. The van der Waals surface area contributed by atoms with Crippen LogP contribution in [0, 0.1) is 0 Å². The molecule has 3 aromatic rings. The number of hydrogen-bond donors (Lipinski definition) is 4. The number of aromatic nitrogens is 2. The largest absolute Gasteiger partial charge is 0.382 e. The van der Waals surface area contributed by atoms with Crippen LogP contribution in [0.25, 0.3) is 11.3 Å². The minimum atomic E-state index is -0.557. The van der Waals surface area contributed by atoms with Gasteiger partial charge in [-0.3, -0.25) is 4.79 Å². The van der Waals surface area contributed by atoms with Gasteiger partial charge >= 0.3 is 0 Å². The Morgan fingerprint density at radius 3 is 2.62 bits per heavy atom. The minimum Gasteiger partial charge on any atom is -0.382 e. The molecule has 0 spiro atoms. The van der Waals surface area contributed by atoms with Crippen molar-refractivity contribution in [2.75, 3.05) is 18.8 Å². The Hall–Kier alpha value is -3.33. The maximum absolute atomic E-state index is 12.6. The molecule has 1 aliphatic heterocycles. The first-order valence-electron chi connectivity index (χ1n) is 10.9. The van der Waals surface area contributed by atoms with Crippen LogP contribution in [0.1, 0.15) is 47.0 Å². The van der Waals surface area contributed by atoms with Crippen LogP contribution < -0.4 is 22.2 Å². The highest BCUT2D eigenvalue weighted by Crippen LogP contribution is 2.22. The van der Waals surface area contributed by atoms with E-state index in [4.69, 9.17) is 11.5 Å². The van der Waals surface area contributed by atoms with Crippen LogP contribution in [0.5, 0.6) is 0 Å². The number of nitrogens with zero attached hydrogens (tertiary/aromatic N) is 3. The third kappa shape index (κ3) is 5.47. The summed E-state index contributed by atoms with van der Waals surface area (Å²) in [6.45, 7) is 2.36. The molecule has 8 heteroatoms. The lowest BCUT2D eigenvalue weighted by molar-refractivity contribution is 0.0951. The SMILES string of the molecule is Nc1ncc(-c2cccc(C(=O)NCc3ccccc3)c2)nc1C(N)NN1CCCCC1. The lowest BCUT2D eigenvalue weighted by atomic mass is 10.1. The summed E-state index contributed by atoms with van der Waals surface area (Å²) in [5, 5.41) is 5.06. The fourth-order valence-corrected chi connectivity index (χ4v) is 3.76. The summed E-state index contributed by atoms with van der Waals surface area (Å²) in [5.74, 6) is 0.144. The average Bonchev–Trinajstić information content (AvgIpc) is 2.84. The normalized spacial score (nSPS) is 15.3. The highest BCUT2D eigenvalue weighted by atomic mass is 16.1. The summed E-state index contributed by atoms with van der Waals surface area (Å²) in [5.41, 5.74) is 19.2. The molecule has 0 radical (unpaired) electrons. The van der Waals surface area contributed by atoms with Crippen LogP contribution in [0.3, 0.4) is 0 Å². The molecule has 0 saturated carbocycles. The van der Waals surface area contributed by atoms with Crippen LogP contribution in [0.4, 0.5) is 5.82 Å². The second kappa shape index (κ2) is 10.3. The molecule has 1 saturated heterocycles. The Kier molecular flexibility index (Phi) is 7.06. The van der Waals surface area contributed by atoms with E-state index in [0.29, 0.717) is 29.3 Å². The van der Waals surface area contributed by atoms with Gasteiger partial charge in [-0.25, -0.2) is 20.4 Å². The molecule has 1 fully saturated rings. The van der Waals surface area contributed by atoms with E-state index in [0.717, 1.165) is 37.1 Å². The van der Waals surface area contributed by atoms with E-state index in [9.17, 15) is 4.79 Å². The molecule has 0 aliphatic carbocycles. The van der Waals surface area contributed by atoms with E-state index in [-0.39, 0.29) is 5.91 Å². The molecule has 1 unspecified atom stereocenters. The topological polar surface area (TPSA) is 122 Å². The van der Waals surface area contributed by atoms with Crippen LogP contribution in [-0.2, 0) is 6.54 Å². The van der Waals surface area contributed by atoms with E-state index in [2.05, 4.69) is 25.7 Å². The molecule has 8 nitrogen and oxygen atoms in total. The van der Waals surface area contributed by atoms with E-state index < -0.39 is 6.17 Å². The zero-order valence-electron chi connectivity index (χ0n) is 18.0. The first-order chi connectivity index (χ1) is 15.6. The summed E-state index contributed by atoms with van der Waals surface area (Å²) in [6.07, 6.45) is 4.56. The second-order valence-electron chi connectivity index (χ2n) is 7.93. The van der Waals surface area contributed by atoms with Gasteiger partial charge in [0, 0.05) is 30.8 Å². The Labute approximate surface area is 188 Å². The van der Waals surface area contributed by atoms with E-state index in [1.807, 2.05) is 42.5 Å². The molecule has 32 heavy (non-hydrogen) atoms. The van der Waals surface area contributed by atoms with Gasteiger partial charge in [0.05, 0.1) is 11.9 Å². The number of hydrogen-bond acceptors (Lipinski definition) is 7. The summed E-state index contributed by atoms with van der Waals surface area (Å²) >= 11 is 0. The predicted octanol–water partition coefficient (Wildman–Crippen LogP) is 2.60. The molecular weight excluding hydrogens is 402 g/mol. The predicted molar refractivity (Wildman–Crippen MR) is 125 cm³/mol. The monoisotopic (exact) mass is 431 g/mol. The summed E-state index contributed by atoms with van der Waals surface area (Å²) < 4.78 is 0. The molecule has 1 amide bonds. The minimum absolute atomic E-state index is 0.150. The Balaban J connectivity index is 1.48. The van der Waals surface area contributed by atoms with Crippen molar-refractivity contribution in [1.29, 1.82) is 0 Å². The van der Waals surface area contributed by atoms with Crippen molar-refractivity contribution < 1.29 is 4.79 Å². The smallest absolute Gasteiger partial charge is 0.251 e. The highest BCUT2D eigenvalue weighted by Gasteiger charge is 2.19. The van der Waals surface area contributed by atoms with Crippen molar-refractivity contribution in [1.82, 2.24) is 25.7 Å². The molecule has 1 aliphatic rings. The van der Waals surface area contributed by atoms with Gasteiger partial charge in [0.2, 0.25) is 0 Å². The molecule has 1 aromatic heterocycles. The maximum Gasteiger partial charge on any atom is 0.251 e. The number of benzene rings is 2. The lowest BCUT2D eigenvalue weighted by Gasteiger charge is -2.30. The van der Waals surface area contributed by atoms with E-state index in [1.165, 1.54) is 6.42 Å². The fourth-order valence-electron chi connectivity index (χ4n) is 3.76. The molecule has 2 heterocycles. The lowest BCUT2D eigenvalue weighted by Crippen LogP contribution is -2.46. The van der Waals surface area contributed by atoms with Gasteiger partial charge in [0.25, 0.3) is 5.91 Å². The molecule has 166 valence electrons. The Morgan fingerprint density at radius 1 is 1.06 bits per heavy atom. The first-order valence-corrected chi connectivity index (χ1v) is 10.9. The van der Waals surface area contributed by atoms with Gasteiger partial charge in [0.1, 0.15) is 17.7 Å². The van der Waals surface area contributed by atoms with E-state index >= 15 is 0 Å². The third-order valence-corrected chi connectivity index (χ3v) is 5.52. The van der Waals surface area contributed by atoms with Crippen LogP contribution in [0.15, 0.2) is 60.8 Å². The number of nitrogen functional groups attached to an aromatic ring is 1. The quantitative estimate of drug-likeness (QED) is 0.424. The van der Waals surface area contributed by atoms with Gasteiger partial charge in [0.15, 0.2) is 0 Å². The van der Waals surface area contributed by atoms with Gasteiger partial charge in [-0.15, -0.1) is 0 Å². The number of amides is 1. The number of piperidine rings is 1. The number of carbonyl (C=O) groups is 1. The molecule has 6 N–H and O–H groups in total. The molecular formula is C24H29N7O. The maximum atomic E-state index is 12.6. The Bertz CT molecular complexity index is 1050. The third-order valence-electron chi connectivity index (χ3n) is 5.52. The van der Waals surface area contributed by atoms with Crippen molar-refractivity contribution in [2.24, 2.45) is 5.73 Å². The average molecular weight is 432 g/mol. The molecule has 2 aromatic carbocycles. The van der Waals surface area contributed by atoms with Crippen LogP contribution >= 0.6 is 0 Å². The number of nitrogens with one attached hydrogen (secondary N) is 2. The number of hydrazine groups is 1. The van der Waals surface area contributed by atoms with Crippen LogP contribution in [0.2, 0.25) is 0 Å². The van der Waals surface area contributed by atoms with Gasteiger partial charge < -0.3 is 16.8 Å². The van der Waals surface area contributed by atoms with Gasteiger partial charge in [-0.2, -0.15) is 0 Å². The summed E-state index contributed by atoms with van der Waals surface area (Å²) in [4.78, 5) is 21.6. The van der Waals surface area contributed by atoms with Gasteiger partial charge in [-0.05, 0) is 30.5 Å². The number of nitrogens with two attached hydrogens (primary N) is 2. The first kappa shape index (κ1) is 21.9. The number of anilines is 1. The van der Waals surface area contributed by atoms with Crippen molar-refractivity contribution in [3.05, 3.63) is 77.6 Å². The zero-order chi connectivity index (χ0) is 22.3. The van der Waals surface area contributed by atoms with Crippen LogP contribution in [-0.4, -0.2) is 34.0 Å². The summed E-state index contributed by atoms with van der Waals surface area (Å²) in [7, 11) is 0. The molecule has 4 rings (SSSR count). The second-order valence-corrected chi connectivity index (χ2v) is 7.93. The summed E-state index contributed by atoms with van der Waals surface area (Å²) in [6, 6.07) is 17.1. The highest BCUT2D eigenvalue weighted by molar-refractivity contribution is 5.95. The standard InChI is InChI=1S/C24H29N7O/c25-22-21(23(26)30-31-12-5-2-6-13-31)29-20(16-27-22)18-10-7-11-19(14-18)24(32)28-15-17-8-3-1-4-9-17/h1,3-4,7-11,14,16,23,30H,2,5-6,12-13,15,26H2,(H2,25,27)(H,28,32). The zero-order valence-corrected chi connectivity index (χ0v) is 18.0. The Morgan fingerprint density at radius 2 is 1.84 bits per heavy atom. The molecule has 0 bridgehead atoms. The van der Waals surface area contributed by atoms with Gasteiger partial charge in [-0.1, -0.05) is 48.9 Å². The van der Waals surface area contributed by atoms with Crippen molar-refractivity contribution >= 4 is 11.7 Å². The van der Waals surface area contributed by atoms with Crippen molar-refractivity contribution in [3.8, 4) is 11.3 Å². The van der Waals surface area contributed by atoms with Crippen molar-refractivity contribution in [2.45, 2.75) is 32.0 Å². The number of rotatable bonds is 7.